The summed E-state index contributed by atoms with van der Waals surface area (Å²) in [4.78, 5) is 42.7. The predicted octanol–water partition coefficient (Wildman–Crippen LogP) is 3.10. The number of unbranched alkanes of at least 4 members (excludes halogenated alkanes) is 1. The van der Waals surface area contributed by atoms with Gasteiger partial charge in [-0.2, -0.15) is 0 Å². The molecule has 0 spiro atoms. The molecule has 2 aliphatic rings. The number of carbonyl (C=O) groups is 3. The minimum absolute atomic E-state index is 0.0623. The van der Waals surface area contributed by atoms with Gasteiger partial charge in [-0.1, -0.05) is 13.3 Å². The Morgan fingerprint density at radius 2 is 1.62 bits per heavy atom. The molecule has 1 aromatic carbocycles. The van der Waals surface area contributed by atoms with E-state index in [0.717, 1.165) is 25.7 Å². The molecule has 1 N–H and O–H groups in total. The lowest BCUT2D eigenvalue weighted by Crippen LogP contribution is -2.52. The van der Waals surface area contributed by atoms with Gasteiger partial charge in [0.15, 0.2) is 0 Å². The summed E-state index contributed by atoms with van der Waals surface area (Å²) in [6, 6.07) is 5.29. The van der Waals surface area contributed by atoms with E-state index in [1.54, 1.807) is 37.3 Å². The quantitative estimate of drug-likeness (QED) is 0.586. The van der Waals surface area contributed by atoms with Crippen LogP contribution in [0.4, 0.5) is 0 Å². The molecule has 0 saturated carbocycles. The molecule has 2 saturated heterocycles. The van der Waals surface area contributed by atoms with Gasteiger partial charge in [0.25, 0.3) is 5.91 Å². The van der Waals surface area contributed by atoms with Crippen molar-refractivity contribution in [3.63, 3.8) is 0 Å². The maximum atomic E-state index is 13.4. The number of nitrogens with zero attached hydrogens (tertiary/aromatic N) is 2. The molecule has 8 nitrogen and oxygen atoms in total. The standard InChI is InChI=1S/C26H39N3O5/c1-5-6-11-27-24(30)20-8-7-18(2)29(17-20)26(32)19-9-12-28(13-10-19)25(31)21-14-22(33-3)16-23(15-21)34-4/h14-16,18-20H,5-13,17H2,1-4H3,(H,27,30). The number of benzene rings is 1. The first-order valence-corrected chi connectivity index (χ1v) is 12.5. The van der Waals surface area contributed by atoms with Crippen LogP contribution < -0.4 is 14.8 Å². The summed E-state index contributed by atoms with van der Waals surface area (Å²) >= 11 is 0. The number of rotatable bonds is 8. The highest BCUT2D eigenvalue weighted by atomic mass is 16.5. The molecule has 1 aromatic rings. The summed E-state index contributed by atoms with van der Waals surface area (Å²) < 4.78 is 10.6. The second-order valence-corrected chi connectivity index (χ2v) is 9.43. The lowest BCUT2D eigenvalue weighted by atomic mass is 9.89. The Morgan fingerprint density at radius 1 is 0.971 bits per heavy atom. The summed E-state index contributed by atoms with van der Waals surface area (Å²) in [6.45, 7) is 6.40. The van der Waals surface area contributed by atoms with Crippen LogP contribution in [0, 0.1) is 11.8 Å². The van der Waals surface area contributed by atoms with Crippen molar-refractivity contribution in [2.75, 3.05) is 40.4 Å². The van der Waals surface area contributed by atoms with E-state index in [0.29, 0.717) is 56.1 Å². The Balaban J connectivity index is 1.57. The van der Waals surface area contributed by atoms with Gasteiger partial charge in [0.05, 0.1) is 20.1 Å². The maximum Gasteiger partial charge on any atom is 0.254 e. The molecule has 8 heteroatoms. The minimum Gasteiger partial charge on any atom is -0.497 e. The molecule has 2 heterocycles. The Hall–Kier alpha value is -2.77. The summed E-state index contributed by atoms with van der Waals surface area (Å²) in [5.41, 5.74) is 0.516. The molecule has 0 aliphatic carbocycles. The highest BCUT2D eigenvalue weighted by Gasteiger charge is 2.37. The van der Waals surface area contributed by atoms with Crippen LogP contribution in [-0.2, 0) is 9.59 Å². The fourth-order valence-corrected chi connectivity index (χ4v) is 4.84. The van der Waals surface area contributed by atoms with Crippen molar-refractivity contribution >= 4 is 17.7 Å². The van der Waals surface area contributed by atoms with Crippen LogP contribution in [0.15, 0.2) is 18.2 Å². The highest BCUT2D eigenvalue weighted by Crippen LogP contribution is 2.29. The van der Waals surface area contributed by atoms with Crippen LogP contribution in [0.3, 0.4) is 0 Å². The van der Waals surface area contributed by atoms with Crippen LogP contribution in [0.1, 0.15) is 62.7 Å². The van der Waals surface area contributed by atoms with Crippen LogP contribution in [0.5, 0.6) is 11.5 Å². The molecular formula is C26H39N3O5. The van der Waals surface area contributed by atoms with E-state index in [1.165, 1.54) is 0 Å². The van der Waals surface area contributed by atoms with Gasteiger partial charge in [0.1, 0.15) is 11.5 Å². The first-order valence-electron chi connectivity index (χ1n) is 12.5. The van der Waals surface area contributed by atoms with Crippen molar-refractivity contribution in [2.45, 2.75) is 58.4 Å². The van der Waals surface area contributed by atoms with E-state index in [-0.39, 0.29) is 35.6 Å². The smallest absolute Gasteiger partial charge is 0.254 e. The number of nitrogens with one attached hydrogen (secondary N) is 1. The predicted molar refractivity (Wildman–Crippen MR) is 130 cm³/mol. The summed E-state index contributed by atoms with van der Waals surface area (Å²) in [6.07, 6.45) is 4.92. The number of amides is 3. The third kappa shape index (κ3) is 6.21. The van der Waals surface area contributed by atoms with E-state index < -0.39 is 0 Å². The first-order chi connectivity index (χ1) is 16.4. The van der Waals surface area contributed by atoms with Crippen molar-refractivity contribution < 1.29 is 23.9 Å². The molecule has 2 unspecified atom stereocenters. The molecule has 2 atom stereocenters. The molecule has 2 aliphatic heterocycles. The topological polar surface area (TPSA) is 88.2 Å². The molecule has 3 rings (SSSR count). The second kappa shape index (κ2) is 12.1. The lowest BCUT2D eigenvalue weighted by Gasteiger charge is -2.41. The average Bonchev–Trinajstić information content (AvgIpc) is 2.87. The van der Waals surface area contributed by atoms with Crippen LogP contribution in [0.2, 0.25) is 0 Å². The number of ether oxygens (including phenoxy) is 2. The Labute approximate surface area is 202 Å². The number of likely N-dealkylation sites (tertiary alicyclic amines) is 2. The fourth-order valence-electron chi connectivity index (χ4n) is 4.84. The molecule has 0 bridgehead atoms. The molecule has 3 amide bonds. The average molecular weight is 474 g/mol. The van der Waals surface area contributed by atoms with Gasteiger partial charge in [-0.05, 0) is 51.2 Å². The van der Waals surface area contributed by atoms with E-state index in [9.17, 15) is 14.4 Å². The zero-order chi connectivity index (χ0) is 24.7. The monoisotopic (exact) mass is 473 g/mol. The Morgan fingerprint density at radius 3 is 2.21 bits per heavy atom. The Kier molecular flexibility index (Phi) is 9.19. The molecule has 2 fully saturated rings. The van der Waals surface area contributed by atoms with E-state index in [4.69, 9.17) is 9.47 Å². The number of hydrogen-bond acceptors (Lipinski definition) is 5. The summed E-state index contributed by atoms with van der Waals surface area (Å²) in [5, 5.41) is 3.02. The van der Waals surface area contributed by atoms with Crippen LogP contribution in [0.25, 0.3) is 0 Å². The van der Waals surface area contributed by atoms with Crippen molar-refractivity contribution in [3.8, 4) is 11.5 Å². The third-order valence-corrected chi connectivity index (χ3v) is 7.10. The summed E-state index contributed by atoms with van der Waals surface area (Å²) in [5.74, 6) is 0.981. The number of methoxy groups -OCH3 is 2. The molecule has 0 radical (unpaired) electrons. The van der Waals surface area contributed by atoms with Crippen LogP contribution in [-0.4, -0.2) is 74.0 Å². The van der Waals surface area contributed by atoms with Crippen molar-refractivity contribution in [1.82, 2.24) is 15.1 Å². The van der Waals surface area contributed by atoms with Gasteiger partial charge < -0.3 is 24.6 Å². The van der Waals surface area contributed by atoms with Crippen molar-refractivity contribution in [3.05, 3.63) is 23.8 Å². The number of carbonyl (C=O) groups excluding carboxylic acids is 3. The van der Waals surface area contributed by atoms with Gasteiger partial charge in [0, 0.05) is 49.8 Å². The SMILES string of the molecule is CCCCNC(=O)C1CCC(C)N(C(=O)C2CCN(C(=O)c3cc(OC)cc(OC)c3)CC2)C1. The molecule has 34 heavy (non-hydrogen) atoms. The zero-order valence-corrected chi connectivity index (χ0v) is 21.0. The maximum absolute atomic E-state index is 13.4. The fraction of sp³-hybridized carbons (Fsp3) is 0.654. The minimum atomic E-state index is -0.137. The summed E-state index contributed by atoms with van der Waals surface area (Å²) in [7, 11) is 3.11. The Bertz CT molecular complexity index is 844. The second-order valence-electron chi connectivity index (χ2n) is 9.43. The first kappa shape index (κ1) is 25.8. The van der Waals surface area contributed by atoms with Gasteiger partial charge >= 0.3 is 0 Å². The van der Waals surface area contributed by atoms with Gasteiger partial charge in [0.2, 0.25) is 11.8 Å². The number of piperidine rings is 2. The molecule has 188 valence electrons. The van der Waals surface area contributed by atoms with E-state index in [2.05, 4.69) is 19.2 Å². The largest absolute Gasteiger partial charge is 0.497 e. The molecular weight excluding hydrogens is 434 g/mol. The normalized spacial score (nSPS) is 21.2. The third-order valence-electron chi connectivity index (χ3n) is 7.10. The number of hydrogen-bond donors (Lipinski definition) is 1. The van der Waals surface area contributed by atoms with Crippen LogP contribution >= 0.6 is 0 Å². The zero-order valence-electron chi connectivity index (χ0n) is 21.0. The van der Waals surface area contributed by atoms with E-state index in [1.807, 2.05) is 4.90 Å². The van der Waals surface area contributed by atoms with Gasteiger partial charge in [-0.15, -0.1) is 0 Å². The van der Waals surface area contributed by atoms with Crippen molar-refractivity contribution in [2.24, 2.45) is 11.8 Å². The highest BCUT2D eigenvalue weighted by molar-refractivity contribution is 5.95. The lowest BCUT2D eigenvalue weighted by molar-refractivity contribution is -0.143. The molecule has 0 aromatic heterocycles. The van der Waals surface area contributed by atoms with Gasteiger partial charge in [-0.3, -0.25) is 14.4 Å². The van der Waals surface area contributed by atoms with Gasteiger partial charge in [-0.25, -0.2) is 0 Å². The van der Waals surface area contributed by atoms with Crippen molar-refractivity contribution in [1.29, 1.82) is 0 Å². The van der Waals surface area contributed by atoms with E-state index >= 15 is 0 Å².